The highest BCUT2D eigenvalue weighted by Gasteiger charge is 2.31. The van der Waals surface area contributed by atoms with Gasteiger partial charge in [0.05, 0.1) is 0 Å². The second-order valence-corrected chi connectivity index (χ2v) is 13.5. The first-order chi connectivity index (χ1) is 24.8. The molecule has 1 aliphatic heterocycles. The molecule has 0 radical (unpaired) electrons. The second-order valence-electron chi connectivity index (χ2n) is 13.5. The van der Waals surface area contributed by atoms with Gasteiger partial charge in [-0.3, -0.25) is 19.2 Å². The summed E-state index contributed by atoms with van der Waals surface area (Å²) in [5.41, 5.74) is 8.29. The Kier molecular flexibility index (Phi) is 11.7. The van der Waals surface area contributed by atoms with Crippen LogP contribution in [0.15, 0.2) is 115 Å². The summed E-state index contributed by atoms with van der Waals surface area (Å²) in [6.45, 7) is 1.48. The van der Waals surface area contributed by atoms with Crippen LogP contribution in [0.3, 0.4) is 0 Å². The number of fused-ring (bicyclic) bond motifs is 2. The molecule has 3 atom stereocenters. The number of hydrogen-bond donors (Lipinski definition) is 5. The molecular weight excluding hydrogens is 638 g/mol. The zero-order chi connectivity index (χ0) is 35.6. The predicted octanol–water partition coefficient (Wildman–Crippen LogP) is 4.35. The SMILES string of the molecule is NC(=O)C[C@H](Cc1ccccc1)NC(=O)[C@@H](Cc1ccc2ccccc2c1)NC(=O)[C@@H](Cc1ccc2ccccc2c1)NC(=O)C1CCNCC1. The Morgan fingerprint density at radius 1 is 0.588 bits per heavy atom. The average Bonchev–Trinajstić information content (AvgIpc) is 3.14. The van der Waals surface area contributed by atoms with Gasteiger partial charge in [0, 0.05) is 31.2 Å². The van der Waals surface area contributed by atoms with E-state index in [1.807, 2.05) is 115 Å². The van der Waals surface area contributed by atoms with Gasteiger partial charge in [-0.25, -0.2) is 0 Å². The topological polar surface area (TPSA) is 142 Å². The average molecular weight is 684 g/mol. The third-order valence-corrected chi connectivity index (χ3v) is 9.60. The van der Waals surface area contributed by atoms with Gasteiger partial charge in [0.1, 0.15) is 12.1 Å². The number of amides is 4. The molecule has 9 nitrogen and oxygen atoms in total. The third kappa shape index (κ3) is 9.80. The van der Waals surface area contributed by atoms with Gasteiger partial charge in [0.25, 0.3) is 0 Å². The first-order valence-electron chi connectivity index (χ1n) is 17.7. The maximum atomic E-state index is 14.3. The highest BCUT2D eigenvalue weighted by molar-refractivity contribution is 5.93. The van der Waals surface area contributed by atoms with E-state index in [1.165, 1.54) is 0 Å². The first-order valence-corrected chi connectivity index (χ1v) is 17.7. The Hall–Kier alpha value is -5.54. The minimum atomic E-state index is -1.00. The van der Waals surface area contributed by atoms with Crippen molar-refractivity contribution in [3.05, 3.63) is 132 Å². The Balaban J connectivity index is 1.27. The van der Waals surface area contributed by atoms with E-state index in [0.717, 1.165) is 51.3 Å². The van der Waals surface area contributed by atoms with Crippen LogP contribution in [0.25, 0.3) is 21.5 Å². The van der Waals surface area contributed by atoms with E-state index in [-0.39, 0.29) is 31.1 Å². The zero-order valence-electron chi connectivity index (χ0n) is 28.6. The van der Waals surface area contributed by atoms with Gasteiger partial charge in [0.15, 0.2) is 0 Å². The zero-order valence-corrected chi connectivity index (χ0v) is 28.6. The number of piperidine rings is 1. The van der Waals surface area contributed by atoms with Crippen LogP contribution >= 0.6 is 0 Å². The molecule has 6 rings (SSSR count). The lowest BCUT2D eigenvalue weighted by atomic mass is 9.95. The molecule has 1 fully saturated rings. The van der Waals surface area contributed by atoms with Gasteiger partial charge in [-0.2, -0.15) is 0 Å². The van der Waals surface area contributed by atoms with Crippen molar-refractivity contribution in [3.8, 4) is 0 Å². The smallest absolute Gasteiger partial charge is 0.243 e. The molecule has 6 N–H and O–H groups in total. The second kappa shape index (κ2) is 16.9. The molecule has 5 aromatic rings. The van der Waals surface area contributed by atoms with Crippen molar-refractivity contribution >= 4 is 45.2 Å². The molecule has 51 heavy (non-hydrogen) atoms. The molecule has 0 spiro atoms. The normalized spacial score (nSPS) is 15.1. The molecule has 262 valence electrons. The molecule has 1 aliphatic rings. The molecule has 0 bridgehead atoms. The third-order valence-electron chi connectivity index (χ3n) is 9.60. The summed E-state index contributed by atoms with van der Waals surface area (Å²) < 4.78 is 0. The van der Waals surface area contributed by atoms with E-state index >= 15 is 0 Å². The monoisotopic (exact) mass is 683 g/mol. The van der Waals surface area contributed by atoms with Crippen molar-refractivity contribution in [2.24, 2.45) is 11.7 Å². The van der Waals surface area contributed by atoms with Crippen molar-refractivity contribution in [1.29, 1.82) is 0 Å². The summed E-state index contributed by atoms with van der Waals surface area (Å²) in [4.78, 5) is 54.1. The van der Waals surface area contributed by atoms with Crippen LogP contribution < -0.4 is 27.0 Å². The number of rotatable bonds is 14. The number of hydrogen-bond acceptors (Lipinski definition) is 5. The number of nitrogens with one attached hydrogen (secondary N) is 4. The summed E-state index contributed by atoms with van der Waals surface area (Å²) >= 11 is 0. The van der Waals surface area contributed by atoms with Gasteiger partial charge in [0.2, 0.25) is 23.6 Å². The van der Waals surface area contributed by atoms with Crippen molar-refractivity contribution in [3.63, 3.8) is 0 Å². The molecule has 0 unspecified atom stereocenters. The maximum Gasteiger partial charge on any atom is 0.243 e. The minimum Gasteiger partial charge on any atom is -0.370 e. The molecule has 4 amide bonds. The van der Waals surface area contributed by atoms with E-state index < -0.39 is 35.8 Å². The van der Waals surface area contributed by atoms with Crippen LogP contribution in [0.5, 0.6) is 0 Å². The fourth-order valence-electron chi connectivity index (χ4n) is 6.88. The van der Waals surface area contributed by atoms with E-state index in [0.29, 0.717) is 19.3 Å². The molecule has 0 aliphatic carbocycles. The maximum absolute atomic E-state index is 14.3. The van der Waals surface area contributed by atoms with E-state index in [9.17, 15) is 19.2 Å². The van der Waals surface area contributed by atoms with Gasteiger partial charge in [-0.1, -0.05) is 115 Å². The van der Waals surface area contributed by atoms with Crippen LogP contribution in [0, 0.1) is 5.92 Å². The fourth-order valence-corrected chi connectivity index (χ4v) is 6.88. The Morgan fingerprint density at radius 2 is 1.10 bits per heavy atom. The molecular formula is C42H45N5O4. The lowest BCUT2D eigenvalue weighted by Gasteiger charge is -2.28. The van der Waals surface area contributed by atoms with Crippen LogP contribution in [-0.4, -0.2) is 54.8 Å². The van der Waals surface area contributed by atoms with Gasteiger partial charge >= 0.3 is 0 Å². The molecule has 0 saturated carbocycles. The van der Waals surface area contributed by atoms with E-state index in [1.54, 1.807) is 0 Å². The molecule has 5 aromatic carbocycles. The lowest BCUT2D eigenvalue weighted by molar-refractivity contribution is -0.133. The van der Waals surface area contributed by atoms with E-state index in [4.69, 9.17) is 5.73 Å². The summed E-state index contributed by atoms with van der Waals surface area (Å²) in [5, 5.41) is 16.5. The predicted molar refractivity (Wildman–Crippen MR) is 201 cm³/mol. The van der Waals surface area contributed by atoms with Crippen LogP contribution in [-0.2, 0) is 38.4 Å². The van der Waals surface area contributed by atoms with Crippen molar-refractivity contribution in [2.45, 2.75) is 56.7 Å². The highest BCUT2D eigenvalue weighted by Crippen LogP contribution is 2.20. The van der Waals surface area contributed by atoms with Crippen molar-refractivity contribution in [1.82, 2.24) is 21.3 Å². The number of benzene rings is 5. The molecule has 1 saturated heterocycles. The van der Waals surface area contributed by atoms with Crippen LogP contribution in [0.2, 0.25) is 0 Å². The molecule has 1 heterocycles. The highest BCUT2D eigenvalue weighted by atomic mass is 16.2. The first kappa shape index (κ1) is 35.3. The quantitative estimate of drug-likeness (QED) is 0.118. The Bertz CT molecular complexity index is 1990. The van der Waals surface area contributed by atoms with Gasteiger partial charge in [-0.05, 0) is 70.6 Å². The summed E-state index contributed by atoms with van der Waals surface area (Å²) in [7, 11) is 0. The van der Waals surface area contributed by atoms with E-state index in [2.05, 4.69) is 21.3 Å². The van der Waals surface area contributed by atoms with Gasteiger partial charge in [-0.15, -0.1) is 0 Å². The number of nitrogens with two attached hydrogens (primary N) is 1. The number of carbonyl (C=O) groups excluding carboxylic acids is 4. The van der Waals surface area contributed by atoms with Crippen LogP contribution in [0.4, 0.5) is 0 Å². The largest absolute Gasteiger partial charge is 0.370 e. The molecule has 0 aromatic heterocycles. The van der Waals surface area contributed by atoms with Crippen molar-refractivity contribution < 1.29 is 19.2 Å². The minimum absolute atomic E-state index is 0.0613. The van der Waals surface area contributed by atoms with Gasteiger partial charge < -0.3 is 27.0 Å². The summed E-state index contributed by atoms with van der Waals surface area (Å²) in [6.07, 6.45) is 2.15. The lowest BCUT2D eigenvalue weighted by Crippen LogP contribution is -2.57. The summed E-state index contributed by atoms with van der Waals surface area (Å²) in [5.74, 6) is -1.81. The Morgan fingerprint density at radius 3 is 1.67 bits per heavy atom. The summed E-state index contributed by atoms with van der Waals surface area (Å²) in [6, 6.07) is 35.0. The van der Waals surface area contributed by atoms with Crippen molar-refractivity contribution in [2.75, 3.05) is 13.1 Å². The van der Waals surface area contributed by atoms with Crippen LogP contribution in [0.1, 0.15) is 36.0 Å². The molecule has 9 heteroatoms. The Labute approximate surface area is 298 Å². The standard InChI is InChI=1S/C42H45N5O4/c43-39(48)27-36(24-28-8-2-1-3-9-28)45-41(50)37(25-29-14-16-31-10-4-6-12-34(31)22-29)47-42(51)38(46-40(49)33-18-20-44-21-19-33)26-30-15-17-32-11-5-7-13-35(32)23-30/h1-17,22-23,33,36-38,44H,18-21,24-27H2,(H2,43,48)(H,45,50)(H,46,49)(H,47,51)/t36-,37+,38+/m0/s1. The fraction of sp³-hybridized carbons (Fsp3) is 0.286. The number of primary amides is 1. The number of carbonyl (C=O) groups is 4.